The number of aromatic nitrogens is 1. The molecule has 0 saturated carbocycles. The van der Waals surface area contributed by atoms with E-state index in [-0.39, 0.29) is 11.4 Å². The third-order valence-electron chi connectivity index (χ3n) is 2.21. The second-order valence-corrected chi connectivity index (χ2v) is 4.25. The molecule has 1 heterocycles. The number of pyridine rings is 1. The highest BCUT2D eigenvalue weighted by Crippen LogP contribution is 2.13. The number of nitrogens with one attached hydrogen (secondary N) is 1. The SMILES string of the molecule is CCOC(C)(C)CNC(=O)c1ncccc1O. The normalized spacial score (nSPS) is 11.2. The summed E-state index contributed by atoms with van der Waals surface area (Å²) in [7, 11) is 0. The average Bonchev–Trinajstić information content (AvgIpc) is 2.27. The van der Waals surface area contributed by atoms with Gasteiger partial charge in [-0.25, -0.2) is 4.98 Å². The number of hydrogen-bond donors (Lipinski definition) is 2. The Hall–Kier alpha value is -1.62. The zero-order valence-electron chi connectivity index (χ0n) is 10.4. The highest BCUT2D eigenvalue weighted by Gasteiger charge is 2.20. The van der Waals surface area contributed by atoms with Crippen LogP contribution in [0, 0.1) is 0 Å². The van der Waals surface area contributed by atoms with Crippen LogP contribution in [0.15, 0.2) is 18.3 Å². The lowest BCUT2D eigenvalue weighted by molar-refractivity contribution is -0.00820. The maximum Gasteiger partial charge on any atom is 0.273 e. The molecule has 5 heteroatoms. The van der Waals surface area contributed by atoms with Crippen LogP contribution >= 0.6 is 0 Å². The second kappa shape index (κ2) is 5.63. The van der Waals surface area contributed by atoms with Crippen molar-refractivity contribution in [3.05, 3.63) is 24.0 Å². The molecule has 94 valence electrons. The number of amides is 1. The van der Waals surface area contributed by atoms with Crippen LogP contribution in [0.1, 0.15) is 31.3 Å². The van der Waals surface area contributed by atoms with E-state index in [2.05, 4.69) is 10.3 Å². The largest absolute Gasteiger partial charge is 0.505 e. The van der Waals surface area contributed by atoms with Gasteiger partial charge in [-0.05, 0) is 32.9 Å². The van der Waals surface area contributed by atoms with Gasteiger partial charge in [0.2, 0.25) is 0 Å². The van der Waals surface area contributed by atoms with Gasteiger partial charge in [0.15, 0.2) is 5.69 Å². The third kappa shape index (κ3) is 4.03. The first-order valence-corrected chi connectivity index (χ1v) is 5.52. The van der Waals surface area contributed by atoms with E-state index >= 15 is 0 Å². The number of carbonyl (C=O) groups is 1. The van der Waals surface area contributed by atoms with Gasteiger partial charge < -0.3 is 15.2 Å². The van der Waals surface area contributed by atoms with Crippen LogP contribution in [0.4, 0.5) is 0 Å². The Kier molecular flexibility index (Phi) is 4.45. The maximum atomic E-state index is 11.7. The molecule has 1 rings (SSSR count). The van der Waals surface area contributed by atoms with Crippen LogP contribution in [-0.2, 0) is 4.74 Å². The molecule has 0 aliphatic rings. The molecule has 0 spiro atoms. The molecule has 0 aliphatic heterocycles. The number of hydrogen-bond acceptors (Lipinski definition) is 4. The summed E-state index contributed by atoms with van der Waals surface area (Å²) in [6.45, 7) is 6.60. The fourth-order valence-electron chi connectivity index (χ4n) is 1.39. The Bertz CT molecular complexity index is 391. The van der Waals surface area contributed by atoms with Crippen LogP contribution in [0.3, 0.4) is 0 Å². The molecule has 0 atom stereocenters. The number of nitrogens with zero attached hydrogens (tertiary/aromatic N) is 1. The van der Waals surface area contributed by atoms with Gasteiger partial charge >= 0.3 is 0 Å². The summed E-state index contributed by atoms with van der Waals surface area (Å²) in [5, 5.41) is 12.1. The van der Waals surface area contributed by atoms with Gasteiger partial charge in [-0.1, -0.05) is 0 Å². The number of aromatic hydroxyl groups is 1. The number of ether oxygens (including phenoxy) is 1. The first kappa shape index (κ1) is 13.4. The summed E-state index contributed by atoms with van der Waals surface area (Å²) in [6.07, 6.45) is 1.46. The second-order valence-electron chi connectivity index (χ2n) is 4.25. The van der Waals surface area contributed by atoms with Crippen LogP contribution < -0.4 is 5.32 Å². The van der Waals surface area contributed by atoms with E-state index in [9.17, 15) is 9.90 Å². The zero-order chi connectivity index (χ0) is 12.9. The van der Waals surface area contributed by atoms with Gasteiger partial charge in [0.1, 0.15) is 5.75 Å². The highest BCUT2D eigenvalue weighted by atomic mass is 16.5. The van der Waals surface area contributed by atoms with Gasteiger partial charge in [-0.3, -0.25) is 4.79 Å². The Morgan fingerprint density at radius 3 is 2.88 bits per heavy atom. The predicted molar refractivity (Wildman–Crippen MR) is 63.9 cm³/mol. The highest BCUT2D eigenvalue weighted by molar-refractivity contribution is 5.94. The fourth-order valence-corrected chi connectivity index (χ4v) is 1.39. The molecule has 0 aromatic carbocycles. The number of rotatable bonds is 5. The van der Waals surface area contributed by atoms with Gasteiger partial charge in [-0.15, -0.1) is 0 Å². The molecule has 5 nitrogen and oxygen atoms in total. The average molecular weight is 238 g/mol. The Labute approximate surface area is 101 Å². The smallest absolute Gasteiger partial charge is 0.273 e. The first-order valence-electron chi connectivity index (χ1n) is 5.52. The lowest BCUT2D eigenvalue weighted by Gasteiger charge is -2.24. The molecule has 0 saturated heterocycles. The predicted octanol–water partition coefficient (Wildman–Crippen LogP) is 1.33. The van der Waals surface area contributed by atoms with E-state index in [1.807, 2.05) is 20.8 Å². The van der Waals surface area contributed by atoms with Crippen molar-refractivity contribution in [2.75, 3.05) is 13.2 Å². The van der Waals surface area contributed by atoms with Crippen molar-refractivity contribution in [1.82, 2.24) is 10.3 Å². The van der Waals surface area contributed by atoms with Crippen molar-refractivity contribution < 1.29 is 14.6 Å². The topological polar surface area (TPSA) is 71.5 Å². The Morgan fingerprint density at radius 1 is 1.59 bits per heavy atom. The summed E-state index contributed by atoms with van der Waals surface area (Å²) >= 11 is 0. The standard InChI is InChI=1S/C12H18N2O3/c1-4-17-12(2,3)8-14-11(16)10-9(15)6-5-7-13-10/h5-7,15H,4,8H2,1-3H3,(H,14,16). The minimum atomic E-state index is -0.436. The van der Waals surface area contributed by atoms with Crippen molar-refractivity contribution in [3.8, 4) is 5.75 Å². The summed E-state index contributed by atoms with van der Waals surface area (Å²) in [6, 6.07) is 2.99. The van der Waals surface area contributed by atoms with E-state index in [1.54, 1.807) is 6.07 Å². The summed E-state index contributed by atoms with van der Waals surface area (Å²) in [5.41, 5.74) is -0.408. The van der Waals surface area contributed by atoms with Gasteiger partial charge in [0.05, 0.1) is 5.60 Å². The van der Waals surface area contributed by atoms with Crippen molar-refractivity contribution in [1.29, 1.82) is 0 Å². The molecular weight excluding hydrogens is 220 g/mol. The van der Waals surface area contributed by atoms with Gasteiger partial charge in [0.25, 0.3) is 5.91 Å². The molecule has 0 bridgehead atoms. The Morgan fingerprint density at radius 2 is 2.29 bits per heavy atom. The first-order chi connectivity index (χ1) is 7.96. The van der Waals surface area contributed by atoms with E-state index in [1.165, 1.54) is 12.3 Å². The minimum Gasteiger partial charge on any atom is -0.505 e. The van der Waals surface area contributed by atoms with Crippen molar-refractivity contribution in [3.63, 3.8) is 0 Å². The molecule has 0 radical (unpaired) electrons. The molecule has 1 amide bonds. The quantitative estimate of drug-likeness (QED) is 0.811. The van der Waals surface area contributed by atoms with Crippen molar-refractivity contribution >= 4 is 5.91 Å². The van der Waals surface area contributed by atoms with E-state index in [0.29, 0.717) is 13.2 Å². The Balaban J connectivity index is 2.59. The van der Waals surface area contributed by atoms with Crippen LogP contribution in [0.5, 0.6) is 5.75 Å². The van der Waals surface area contributed by atoms with Crippen LogP contribution in [0.2, 0.25) is 0 Å². The summed E-state index contributed by atoms with van der Waals surface area (Å²) in [4.78, 5) is 15.5. The summed E-state index contributed by atoms with van der Waals surface area (Å²) in [5.74, 6) is -0.532. The molecule has 17 heavy (non-hydrogen) atoms. The fraction of sp³-hybridized carbons (Fsp3) is 0.500. The van der Waals surface area contributed by atoms with Gasteiger partial charge in [0, 0.05) is 19.3 Å². The van der Waals surface area contributed by atoms with Crippen LogP contribution in [0.25, 0.3) is 0 Å². The molecule has 2 N–H and O–H groups in total. The monoisotopic (exact) mass is 238 g/mol. The van der Waals surface area contributed by atoms with Gasteiger partial charge in [-0.2, -0.15) is 0 Å². The van der Waals surface area contributed by atoms with E-state index in [0.717, 1.165) is 0 Å². The third-order valence-corrected chi connectivity index (χ3v) is 2.21. The lowest BCUT2D eigenvalue weighted by Crippen LogP contribution is -2.40. The lowest BCUT2D eigenvalue weighted by atomic mass is 10.1. The molecule has 1 aromatic rings. The maximum absolute atomic E-state index is 11.7. The zero-order valence-corrected chi connectivity index (χ0v) is 10.4. The van der Waals surface area contributed by atoms with E-state index in [4.69, 9.17) is 4.74 Å². The van der Waals surface area contributed by atoms with Crippen molar-refractivity contribution in [2.24, 2.45) is 0 Å². The van der Waals surface area contributed by atoms with Crippen molar-refractivity contribution in [2.45, 2.75) is 26.4 Å². The molecule has 0 aliphatic carbocycles. The summed E-state index contributed by atoms with van der Waals surface area (Å²) < 4.78 is 5.45. The van der Waals surface area contributed by atoms with E-state index < -0.39 is 11.5 Å². The minimum absolute atomic E-state index is 0.0276. The number of carbonyl (C=O) groups excluding carboxylic acids is 1. The molecule has 1 aromatic heterocycles. The molecular formula is C12H18N2O3. The van der Waals surface area contributed by atoms with Crippen LogP contribution in [-0.4, -0.2) is 34.8 Å². The molecule has 0 fully saturated rings. The molecule has 0 unspecified atom stereocenters.